The average molecular weight is 416 g/mol. The SMILES string of the molecule is CCOc1cccc(CNCc2ccccc2Cl)c1OCc1ccc(Cl)cc1. The van der Waals surface area contributed by atoms with Gasteiger partial charge >= 0.3 is 0 Å². The lowest BCUT2D eigenvalue weighted by atomic mass is 10.1. The van der Waals surface area contributed by atoms with Gasteiger partial charge in [0.05, 0.1) is 6.61 Å². The lowest BCUT2D eigenvalue weighted by molar-refractivity contribution is 0.266. The van der Waals surface area contributed by atoms with Crippen LogP contribution in [0.5, 0.6) is 11.5 Å². The number of ether oxygens (including phenoxy) is 2. The summed E-state index contributed by atoms with van der Waals surface area (Å²) in [5, 5.41) is 4.91. The van der Waals surface area contributed by atoms with E-state index in [1.165, 1.54) is 0 Å². The van der Waals surface area contributed by atoms with E-state index >= 15 is 0 Å². The molecule has 0 amide bonds. The first-order valence-electron chi connectivity index (χ1n) is 9.23. The van der Waals surface area contributed by atoms with Crippen molar-refractivity contribution in [1.82, 2.24) is 5.32 Å². The Kier molecular flexibility index (Phi) is 7.61. The number of hydrogen-bond acceptors (Lipinski definition) is 3. The van der Waals surface area contributed by atoms with Crippen molar-refractivity contribution in [3.8, 4) is 11.5 Å². The topological polar surface area (TPSA) is 30.5 Å². The standard InChI is InChI=1S/C23H23Cl2NO2/c1-2-27-22-9-5-7-19(15-26-14-18-6-3-4-8-21(18)25)23(22)28-16-17-10-12-20(24)13-11-17/h3-13,26H,2,14-16H2,1H3. The van der Waals surface area contributed by atoms with E-state index < -0.39 is 0 Å². The molecule has 0 spiro atoms. The molecular formula is C23H23Cl2NO2. The number of para-hydroxylation sites is 1. The fourth-order valence-electron chi connectivity index (χ4n) is 2.84. The van der Waals surface area contributed by atoms with Crippen molar-refractivity contribution in [2.45, 2.75) is 26.6 Å². The molecule has 0 aliphatic carbocycles. The third-order valence-electron chi connectivity index (χ3n) is 4.25. The third kappa shape index (κ3) is 5.65. The molecule has 0 aliphatic rings. The van der Waals surface area contributed by atoms with Gasteiger partial charge < -0.3 is 14.8 Å². The highest BCUT2D eigenvalue weighted by Gasteiger charge is 2.12. The molecule has 0 heterocycles. The molecule has 0 fully saturated rings. The smallest absolute Gasteiger partial charge is 0.166 e. The Morgan fingerprint density at radius 3 is 2.25 bits per heavy atom. The van der Waals surface area contributed by atoms with E-state index in [0.717, 1.165) is 33.2 Å². The number of hydrogen-bond donors (Lipinski definition) is 1. The van der Waals surface area contributed by atoms with Gasteiger partial charge in [-0.3, -0.25) is 0 Å². The highest BCUT2D eigenvalue weighted by Crippen LogP contribution is 2.32. The van der Waals surface area contributed by atoms with Crippen LogP contribution in [0.2, 0.25) is 10.0 Å². The molecule has 0 saturated carbocycles. The van der Waals surface area contributed by atoms with Gasteiger partial charge in [0.15, 0.2) is 11.5 Å². The quantitative estimate of drug-likeness (QED) is 0.447. The van der Waals surface area contributed by atoms with E-state index in [1.54, 1.807) is 0 Å². The molecule has 146 valence electrons. The van der Waals surface area contributed by atoms with Crippen molar-refractivity contribution in [3.05, 3.63) is 93.5 Å². The fourth-order valence-corrected chi connectivity index (χ4v) is 3.17. The second kappa shape index (κ2) is 10.4. The Morgan fingerprint density at radius 2 is 1.50 bits per heavy atom. The van der Waals surface area contributed by atoms with E-state index in [-0.39, 0.29) is 0 Å². The molecule has 0 unspecified atom stereocenters. The Balaban J connectivity index is 1.71. The monoisotopic (exact) mass is 415 g/mol. The van der Waals surface area contributed by atoms with Crippen LogP contribution in [0.15, 0.2) is 66.7 Å². The van der Waals surface area contributed by atoms with Gasteiger partial charge in [0.25, 0.3) is 0 Å². The summed E-state index contributed by atoms with van der Waals surface area (Å²) >= 11 is 12.2. The molecule has 0 atom stereocenters. The van der Waals surface area contributed by atoms with Crippen LogP contribution in [0.3, 0.4) is 0 Å². The molecule has 0 aromatic heterocycles. The molecule has 0 bridgehead atoms. The van der Waals surface area contributed by atoms with Gasteiger partial charge in [-0.1, -0.05) is 65.7 Å². The zero-order valence-electron chi connectivity index (χ0n) is 15.8. The van der Waals surface area contributed by atoms with Gasteiger partial charge in [-0.05, 0) is 42.3 Å². The summed E-state index contributed by atoms with van der Waals surface area (Å²) in [6.07, 6.45) is 0. The van der Waals surface area contributed by atoms with E-state index in [2.05, 4.69) is 5.32 Å². The summed E-state index contributed by atoms with van der Waals surface area (Å²) in [7, 11) is 0. The van der Waals surface area contributed by atoms with Crippen molar-refractivity contribution in [3.63, 3.8) is 0 Å². The molecule has 3 nitrogen and oxygen atoms in total. The Bertz CT molecular complexity index is 897. The predicted molar refractivity (Wildman–Crippen MR) is 115 cm³/mol. The maximum absolute atomic E-state index is 6.24. The molecule has 0 aliphatic heterocycles. The summed E-state index contributed by atoms with van der Waals surface area (Å²) < 4.78 is 11.9. The van der Waals surface area contributed by atoms with E-state index in [0.29, 0.717) is 31.3 Å². The molecule has 3 aromatic carbocycles. The highest BCUT2D eigenvalue weighted by atomic mass is 35.5. The number of halogens is 2. The van der Waals surface area contributed by atoms with Crippen molar-refractivity contribution in [2.75, 3.05) is 6.61 Å². The maximum atomic E-state index is 6.24. The largest absolute Gasteiger partial charge is 0.490 e. The van der Waals surface area contributed by atoms with Gasteiger partial charge in [-0.2, -0.15) is 0 Å². The van der Waals surface area contributed by atoms with Crippen molar-refractivity contribution in [2.24, 2.45) is 0 Å². The number of rotatable bonds is 9. The summed E-state index contributed by atoms with van der Waals surface area (Å²) in [4.78, 5) is 0. The molecule has 0 radical (unpaired) electrons. The lowest BCUT2D eigenvalue weighted by Crippen LogP contribution is -2.14. The summed E-state index contributed by atoms with van der Waals surface area (Å²) in [5.74, 6) is 1.50. The minimum atomic E-state index is 0.443. The number of benzene rings is 3. The van der Waals surface area contributed by atoms with Crippen LogP contribution in [0.4, 0.5) is 0 Å². The zero-order valence-corrected chi connectivity index (χ0v) is 17.3. The van der Waals surface area contributed by atoms with Gasteiger partial charge in [0.1, 0.15) is 6.61 Å². The van der Waals surface area contributed by atoms with Crippen molar-refractivity contribution in [1.29, 1.82) is 0 Å². The highest BCUT2D eigenvalue weighted by molar-refractivity contribution is 6.31. The Morgan fingerprint density at radius 1 is 0.786 bits per heavy atom. The molecule has 0 saturated heterocycles. The first-order chi connectivity index (χ1) is 13.7. The van der Waals surface area contributed by atoms with Crippen LogP contribution in [-0.4, -0.2) is 6.61 Å². The van der Waals surface area contributed by atoms with Gasteiger partial charge in [0.2, 0.25) is 0 Å². The van der Waals surface area contributed by atoms with Crippen LogP contribution in [0, 0.1) is 0 Å². The van der Waals surface area contributed by atoms with E-state index in [1.807, 2.05) is 73.7 Å². The lowest BCUT2D eigenvalue weighted by Gasteiger charge is -2.17. The molecular weight excluding hydrogens is 393 g/mol. The Hall–Kier alpha value is -2.20. The molecule has 5 heteroatoms. The minimum absolute atomic E-state index is 0.443. The van der Waals surface area contributed by atoms with Crippen LogP contribution >= 0.6 is 23.2 Å². The summed E-state index contributed by atoms with van der Waals surface area (Å²) in [6, 6.07) is 21.4. The first kappa shape index (κ1) is 20.5. The fraction of sp³-hybridized carbons (Fsp3) is 0.217. The van der Waals surface area contributed by atoms with Gasteiger partial charge in [-0.15, -0.1) is 0 Å². The van der Waals surface area contributed by atoms with Crippen LogP contribution in [0.25, 0.3) is 0 Å². The Labute approximate surface area is 176 Å². The van der Waals surface area contributed by atoms with Crippen LogP contribution < -0.4 is 14.8 Å². The normalized spacial score (nSPS) is 10.7. The van der Waals surface area contributed by atoms with E-state index in [9.17, 15) is 0 Å². The average Bonchev–Trinajstić information content (AvgIpc) is 2.70. The van der Waals surface area contributed by atoms with E-state index in [4.69, 9.17) is 32.7 Å². The number of nitrogens with one attached hydrogen (secondary N) is 1. The van der Waals surface area contributed by atoms with Crippen molar-refractivity contribution < 1.29 is 9.47 Å². The predicted octanol–water partition coefficient (Wildman–Crippen LogP) is 6.26. The maximum Gasteiger partial charge on any atom is 0.166 e. The van der Waals surface area contributed by atoms with Crippen LogP contribution in [-0.2, 0) is 19.7 Å². The summed E-state index contributed by atoms with van der Waals surface area (Å²) in [6.45, 7) is 4.30. The molecule has 1 N–H and O–H groups in total. The molecule has 3 aromatic rings. The zero-order chi connectivity index (χ0) is 19.8. The van der Waals surface area contributed by atoms with Crippen LogP contribution in [0.1, 0.15) is 23.6 Å². The third-order valence-corrected chi connectivity index (χ3v) is 4.87. The second-order valence-electron chi connectivity index (χ2n) is 6.29. The van der Waals surface area contributed by atoms with Crippen molar-refractivity contribution >= 4 is 23.2 Å². The van der Waals surface area contributed by atoms with Gasteiger partial charge in [0, 0.05) is 28.7 Å². The minimum Gasteiger partial charge on any atom is -0.490 e. The molecule has 28 heavy (non-hydrogen) atoms. The summed E-state index contributed by atoms with van der Waals surface area (Å²) in [5.41, 5.74) is 3.14. The first-order valence-corrected chi connectivity index (χ1v) is 9.99. The second-order valence-corrected chi connectivity index (χ2v) is 7.13. The van der Waals surface area contributed by atoms with Gasteiger partial charge in [-0.25, -0.2) is 0 Å². The molecule has 3 rings (SSSR count).